The van der Waals surface area contributed by atoms with Gasteiger partial charge in [0.2, 0.25) is 0 Å². The van der Waals surface area contributed by atoms with Crippen LogP contribution in [-0.4, -0.2) is 6.54 Å². The third kappa shape index (κ3) is 3.66. The molecule has 0 bridgehead atoms. The van der Waals surface area contributed by atoms with Gasteiger partial charge in [0, 0.05) is 12.1 Å². The molecule has 5 heteroatoms. The van der Waals surface area contributed by atoms with Crippen molar-refractivity contribution in [2.75, 3.05) is 6.54 Å². The normalized spacial score (nSPS) is 10.9. The SMILES string of the molecule is CCCNCc1ccc(-c2c(F)ccc(Br)c2F)cc1F. The van der Waals surface area contributed by atoms with E-state index < -0.39 is 17.5 Å². The predicted molar refractivity (Wildman–Crippen MR) is 81.4 cm³/mol. The molecule has 0 spiro atoms. The predicted octanol–water partition coefficient (Wildman–Crippen LogP) is 5.03. The van der Waals surface area contributed by atoms with Crippen molar-refractivity contribution in [1.82, 2.24) is 5.32 Å². The molecule has 1 nitrogen and oxygen atoms in total. The van der Waals surface area contributed by atoms with E-state index >= 15 is 0 Å². The summed E-state index contributed by atoms with van der Waals surface area (Å²) in [6, 6.07) is 6.68. The Kier molecular flexibility index (Phi) is 5.42. The maximum Gasteiger partial charge on any atom is 0.148 e. The van der Waals surface area contributed by atoms with Crippen LogP contribution in [0.2, 0.25) is 0 Å². The van der Waals surface area contributed by atoms with E-state index in [1.54, 1.807) is 6.07 Å². The smallest absolute Gasteiger partial charge is 0.148 e. The number of nitrogens with one attached hydrogen (secondary N) is 1. The van der Waals surface area contributed by atoms with Crippen LogP contribution in [0.25, 0.3) is 11.1 Å². The van der Waals surface area contributed by atoms with Crippen molar-refractivity contribution in [3.63, 3.8) is 0 Å². The Morgan fingerprint density at radius 3 is 2.48 bits per heavy atom. The number of hydrogen-bond acceptors (Lipinski definition) is 1. The Morgan fingerprint density at radius 1 is 1.05 bits per heavy atom. The fourth-order valence-electron chi connectivity index (χ4n) is 2.04. The summed E-state index contributed by atoms with van der Waals surface area (Å²) in [5.41, 5.74) is 0.433. The number of hydrogen-bond donors (Lipinski definition) is 1. The van der Waals surface area contributed by atoms with Crippen LogP contribution in [0.3, 0.4) is 0 Å². The van der Waals surface area contributed by atoms with E-state index in [2.05, 4.69) is 21.2 Å². The first-order valence-electron chi connectivity index (χ1n) is 6.67. The maximum absolute atomic E-state index is 14.0. The second-order valence-corrected chi connectivity index (χ2v) is 5.56. The molecule has 0 heterocycles. The van der Waals surface area contributed by atoms with E-state index in [4.69, 9.17) is 0 Å². The van der Waals surface area contributed by atoms with Crippen LogP contribution in [-0.2, 0) is 6.54 Å². The Morgan fingerprint density at radius 2 is 1.81 bits per heavy atom. The van der Waals surface area contributed by atoms with Crippen molar-refractivity contribution in [1.29, 1.82) is 0 Å². The zero-order chi connectivity index (χ0) is 15.4. The standard InChI is InChI=1S/C16H15BrF3N/c1-2-7-21-9-11-4-3-10(8-14(11)19)15-13(18)6-5-12(17)16(15)20/h3-6,8,21H,2,7,9H2,1H3. The average Bonchev–Trinajstić information content (AvgIpc) is 2.46. The summed E-state index contributed by atoms with van der Waals surface area (Å²) in [6.07, 6.45) is 0.953. The second kappa shape index (κ2) is 7.09. The largest absolute Gasteiger partial charge is 0.313 e. The van der Waals surface area contributed by atoms with Gasteiger partial charge in [0.15, 0.2) is 0 Å². The fourth-order valence-corrected chi connectivity index (χ4v) is 2.37. The second-order valence-electron chi connectivity index (χ2n) is 4.70. The van der Waals surface area contributed by atoms with Gasteiger partial charge in [-0.25, -0.2) is 13.2 Å². The third-order valence-electron chi connectivity index (χ3n) is 3.13. The highest BCUT2D eigenvalue weighted by molar-refractivity contribution is 9.10. The van der Waals surface area contributed by atoms with Crippen molar-refractivity contribution >= 4 is 15.9 Å². The highest BCUT2D eigenvalue weighted by Gasteiger charge is 2.15. The minimum absolute atomic E-state index is 0.146. The van der Waals surface area contributed by atoms with Crippen molar-refractivity contribution in [3.05, 3.63) is 57.8 Å². The summed E-state index contributed by atoms with van der Waals surface area (Å²) in [5.74, 6) is -1.92. The Labute approximate surface area is 130 Å². The molecule has 0 aromatic heterocycles. The van der Waals surface area contributed by atoms with Crippen molar-refractivity contribution in [3.8, 4) is 11.1 Å². The molecule has 21 heavy (non-hydrogen) atoms. The fraction of sp³-hybridized carbons (Fsp3) is 0.250. The van der Waals surface area contributed by atoms with Gasteiger partial charge < -0.3 is 5.32 Å². The number of benzene rings is 2. The zero-order valence-electron chi connectivity index (χ0n) is 11.5. The van der Waals surface area contributed by atoms with Crippen LogP contribution in [0.15, 0.2) is 34.8 Å². The first kappa shape index (κ1) is 16.0. The van der Waals surface area contributed by atoms with E-state index in [1.807, 2.05) is 6.92 Å². The number of rotatable bonds is 5. The maximum atomic E-state index is 14.0. The molecule has 0 atom stereocenters. The average molecular weight is 358 g/mol. The molecule has 0 aliphatic heterocycles. The minimum atomic E-state index is -0.730. The first-order chi connectivity index (χ1) is 10.0. The molecule has 0 aliphatic carbocycles. The van der Waals surface area contributed by atoms with Crippen LogP contribution < -0.4 is 5.32 Å². The van der Waals surface area contributed by atoms with Gasteiger partial charge in [-0.05, 0) is 52.7 Å². The lowest BCUT2D eigenvalue weighted by Gasteiger charge is -2.10. The molecule has 112 valence electrons. The molecular weight excluding hydrogens is 343 g/mol. The lowest BCUT2D eigenvalue weighted by molar-refractivity contribution is 0.580. The highest BCUT2D eigenvalue weighted by atomic mass is 79.9. The van der Waals surface area contributed by atoms with Gasteiger partial charge in [-0.15, -0.1) is 0 Å². The Balaban J connectivity index is 2.34. The molecule has 0 unspecified atom stereocenters. The van der Waals surface area contributed by atoms with Gasteiger partial charge in [-0.3, -0.25) is 0 Å². The third-order valence-corrected chi connectivity index (χ3v) is 3.74. The van der Waals surface area contributed by atoms with Crippen LogP contribution in [0.1, 0.15) is 18.9 Å². The molecule has 1 N–H and O–H groups in total. The monoisotopic (exact) mass is 357 g/mol. The molecule has 0 saturated heterocycles. The molecule has 2 aromatic carbocycles. The van der Waals surface area contributed by atoms with Gasteiger partial charge >= 0.3 is 0 Å². The zero-order valence-corrected chi connectivity index (χ0v) is 13.1. The summed E-state index contributed by atoms with van der Waals surface area (Å²) in [6.45, 7) is 3.20. The van der Waals surface area contributed by atoms with Gasteiger partial charge in [0.05, 0.1) is 10.0 Å². The van der Waals surface area contributed by atoms with Crippen LogP contribution in [0.4, 0.5) is 13.2 Å². The summed E-state index contributed by atoms with van der Waals surface area (Å²) in [4.78, 5) is 0. The van der Waals surface area contributed by atoms with Crippen molar-refractivity contribution in [2.45, 2.75) is 19.9 Å². The van der Waals surface area contributed by atoms with E-state index in [0.29, 0.717) is 12.1 Å². The molecular formula is C16H15BrF3N. The van der Waals surface area contributed by atoms with Gasteiger partial charge in [0.1, 0.15) is 17.5 Å². The summed E-state index contributed by atoms with van der Waals surface area (Å²) >= 11 is 3.01. The first-order valence-corrected chi connectivity index (χ1v) is 7.47. The highest BCUT2D eigenvalue weighted by Crippen LogP contribution is 2.31. The van der Waals surface area contributed by atoms with Crippen molar-refractivity contribution in [2.24, 2.45) is 0 Å². The van der Waals surface area contributed by atoms with E-state index in [1.165, 1.54) is 12.1 Å². The van der Waals surface area contributed by atoms with Gasteiger partial charge in [0.25, 0.3) is 0 Å². The Bertz CT molecular complexity index is 644. The molecule has 0 amide bonds. The minimum Gasteiger partial charge on any atom is -0.313 e. The molecule has 2 aromatic rings. The summed E-state index contributed by atoms with van der Waals surface area (Å²) in [7, 11) is 0. The van der Waals surface area contributed by atoms with E-state index in [9.17, 15) is 13.2 Å². The molecule has 0 radical (unpaired) electrons. The topological polar surface area (TPSA) is 12.0 Å². The van der Waals surface area contributed by atoms with Crippen LogP contribution >= 0.6 is 15.9 Å². The van der Waals surface area contributed by atoms with Gasteiger partial charge in [-0.1, -0.05) is 19.1 Å². The van der Waals surface area contributed by atoms with Crippen molar-refractivity contribution < 1.29 is 13.2 Å². The molecule has 2 rings (SSSR count). The lowest BCUT2D eigenvalue weighted by atomic mass is 10.0. The van der Waals surface area contributed by atoms with E-state index in [0.717, 1.165) is 25.1 Å². The lowest BCUT2D eigenvalue weighted by Crippen LogP contribution is -2.14. The summed E-state index contributed by atoms with van der Waals surface area (Å²) < 4.78 is 42.0. The molecule has 0 saturated carbocycles. The van der Waals surface area contributed by atoms with Gasteiger partial charge in [-0.2, -0.15) is 0 Å². The molecule has 0 aliphatic rings. The van der Waals surface area contributed by atoms with E-state index in [-0.39, 0.29) is 15.6 Å². The Hall–Kier alpha value is -1.33. The quantitative estimate of drug-likeness (QED) is 0.584. The number of halogens is 4. The van der Waals surface area contributed by atoms with Crippen LogP contribution in [0, 0.1) is 17.5 Å². The summed E-state index contributed by atoms with van der Waals surface area (Å²) in [5, 5.41) is 3.09. The van der Waals surface area contributed by atoms with Crippen LogP contribution in [0.5, 0.6) is 0 Å². The molecule has 0 fully saturated rings.